The second-order valence-corrected chi connectivity index (χ2v) is 5.29. The average Bonchev–Trinajstić information content (AvgIpc) is 2.83. The van der Waals surface area contributed by atoms with E-state index in [-0.39, 0.29) is 0 Å². The molecule has 0 aromatic carbocycles. The molecule has 0 spiro atoms. The smallest absolute Gasteiger partial charge is 0.126 e. The van der Waals surface area contributed by atoms with Gasteiger partial charge in [-0.15, -0.1) is 0 Å². The van der Waals surface area contributed by atoms with Crippen LogP contribution in [0.2, 0.25) is 0 Å². The van der Waals surface area contributed by atoms with Crippen molar-refractivity contribution in [1.29, 1.82) is 0 Å². The second kappa shape index (κ2) is 6.87. The molecule has 1 aromatic rings. The van der Waals surface area contributed by atoms with E-state index in [0.717, 1.165) is 44.0 Å². The van der Waals surface area contributed by atoms with Gasteiger partial charge in [0.05, 0.1) is 11.8 Å². The molecule has 0 amide bonds. The minimum Gasteiger partial charge on any atom is -0.377 e. The van der Waals surface area contributed by atoms with Gasteiger partial charge in [-0.1, -0.05) is 13.0 Å². The minimum atomic E-state index is 0.325. The minimum absolute atomic E-state index is 0.325. The summed E-state index contributed by atoms with van der Waals surface area (Å²) in [5.74, 6) is 0.975. The van der Waals surface area contributed by atoms with Crippen LogP contribution >= 0.6 is 0 Å². The normalized spacial score (nSPS) is 22.9. The molecule has 2 heterocycles. The highest BCUT2D eigenvalue weighted by atomic mass is 16.5. The lowest BCUT2D eigenvalue weighted by Gasteiger charge is -2.26. The number of pyridine rings is 1. The summed E-state index contributed by atoms with van der Waals surface area (Å²) in [6.45, 7) is 7.04. The predicted octanol–water partition coefficient (Wildman–Crippen LogP) is 2.51. The Morgan fingerprint density at radius 2 is 2.32 bits per heavy atom. The fourth-order valence-electron chi connectivity index (χ4n) is 2.59. The molecule has 0 saturated carbocycles. The lowest BCUT2D eigenvalue weighted by Crippen LogP contribution is -2.36. The first-order valence-corrected chi connectivity index (χ1v) is 7.22. The number of rotatable bonds is 6. The van der Waals surface area contributed by atoms with Crippen LogP contribution in [0.25, 0.3) is 0 Å². The standard InChI is InChI=1S/C15H25N3O/c1-4-9-16-15-7-5-6-13(17-15)11-18(3)14-8-10-19-12(14)2/h5-7,12,14H,4,8-11H2,1-3H3,(H,16,17). The van der Waals surface area contributed by atoms with E-state index < -0.39 is 0 Å². The summed E-state index contributed by atoms with van der Waals surface area (Å²) in [5.41, 5.74) is 1.11. The van der Waals surface area contributed by atoms with Crippen LogP contribution in [0.15, 0.2) is 18.2 Å². The van der Waals surface area contributed by atoms with Crippen molar-refractivity contribution in [2.75, 3.05) is 25.5 Å². The van der Waals surface area contributed by atoms with Crippen LogP contribution in [-0.2, 0) is 11.3 Å². The van der Waals surface area contributed by atoms with Gasteiger partial charge in [-0.2, -0.15) is 0 Å². The van der Waals surface area contributed by atoms with Crippen molar-refractivity contribution >= 4 is 5.82 Å². The summed E-state index contributed by atoms with van der Waals surface area (Å²) >= 11 is 0. The van der Waals surface area contributed by atoms with E-state index in [9.17, 15) is 0 Å². The molecule has 2 unspecified atom stereocenters. The zero-order valence-electron chi connectivity index (χ0n) is 12.2. The highest BCUT2D eigenvalue weighted by molar-refractivity contribution is 5.35. The molecular weight excluding hydrogens is 238 g/mol. The van der Waals surface area contributed by atoms with E-state index >= 15 is 0 Å². The summed E-state index contributed by atoms with van der Waals surface area (Å²) in [7, 11) is 2.16. The van der Waals surface area contributed by atoms with Crippen LogP contribution in [0.1, 0.15) is 32.4 Å². The molecule has 1 aromatic heterocycles. The quantitative estimate of drug-likeness (QED) is 0.855. The van der Waals surface area contributed by atoms with Gasteiger partial charge in [0.25, 0.3) is 0 Å². The zero-order chi connectivity index (χ0) is 13.7. The maximum absolute atomic E-state index is 5.63. The number of likely N-dealkylation sites (N-methyl/N-ethyl adjacent to an activating group) is 1. The van der Waals surface area contributed by atoms with Crippen LogP contribution in [0, 0.1) is 0 Å². The van der Waals surface area contributed by atoms with Gasteiger partial charge >= 0.3 is 0 Å². The summed E-state index contributed by atoms with van der Waals surface area (Å²) in [4.78, 5) is 7.00. The van der Waals surface area contributed by atoms with E-state index in [4.69, 9.17) is 4.74 Å². The van der Waals surface area contributed by atoms with Gasteiger partial charge in [-0.3, -0.25) is 4.90 Å². The van der Waals surface area contributed by atoms with Crippen molar-refractivity contribution in [2.24, 2.45) is 0 Å². The first kappa shape index (κ1) is 14.3. The Bertz CT molecular complexity index is 397. The molecule has 1 fully saturated rings. The Kier molecular flexibility index (Phi) is 5.16. The fourth-order valence-corrected chi connectivity index (χ4v) is 2.59. The van der Waals surface area contributed by atoms with E-state index in [2.05, 4.69) is 48.2 Å². The van der Waals surface area contributed by atoms with Gasteiger partial charge in [0, 0.05) is 25.7 Å². The molecule has 1 saturated heterocycles. The van der Waals surface area contributed by atoms with Gasteiger partial charge in [0.1, 0.15) is 5.82 Å². The third-order valence-electron chi connectivity index (χ3n) is 3.68. The number of ether oxygens (including phenoxy) is 1. The van der Waals surface area contributed by atoms with Crippen LogP contribution in [0.3, 0.4) is 0 Å². The number of hydrogen-bond donors (Lipinski definition) is 1. The van der Waals surface area contributed by atoms with Crippen molar-refractivity contribution in [3.8, 4) is 0 Å². The van der Waals surface area contributed by atoms with Crippen molar-refractivity contribution in [2.45, 2.75) is 45.4 Å². The van der Waals surface area contributed by atoms with Gasteiger partial charge in [-0.05, 0) is 38.9 Å². The van der Waals surface area contributed by atoms with E-state index in [1.807, 2.05) is 6.07 Å². The molecule has 4 heteroatoms. The van der Waals surface area contributed by atoms with Crippen molar-refractivity contribution in [1.82, 2.24) is 9.88 Å². The Morgan fingerprint density at radius 1 is 1.47 bits per heavy atom. The van der Waals surface area contributed by atoms with Crippen LogP contribution < -0.4 is 5.32 Å². The summed E-state index contributed by atoms with van der Waals surface area (Å²) < 4.78 is 5.63. The number of nitrogens with one attached hydrogen (secondary N) is 1. The molecule has 2 rings (SSSR count). The lowest BCUT2D eigenvalue weighted by atomic mass is 10.1. The van der Waals surface area contributed by atoms with Gasteiger partial charge in [0.2, 0.25) is 0 Å². The SMILES string of the molecule is CCCNc1cccc(CN(C)C2CCOC2C)n1. The van der Waals surface area contributed by atoms with Crippen LogP contribution in [0.5, 0.6) is 0 Å². The van der Waals surface area contributed by atoms with Gasteiger partial charge in [-0.25, -0.2) is 4.98 Å². The van der Waals surface area contributed by atoms with Crippen LogP contribution in [0.4, 0.5) is 5.82 Å². The third-order valence-corrected chi connectivity index (χ3v) is 3.68. The van der Waals surface area contributed by atoms with Crippen molar-refractivity contribution in [3.63, 3.8) is 0 Å². The Hall–Kier alpha value is -1.13. The van der Waals surface area contributed by atoms with Crippen molar-refractivity contribution in [3.05, 3.63) is 23.9 Å². The maximum Gasteiger partial charge on any atom is 0.126 e. The summed E-state index contributed by atoms with van der Waals surface area (Å²) in [6.07, 6.45) is 2.56. The van der Waals surface area contributed by atoms with Crippen LogP contribution in [-0.4, -0.2) is 42.2 Å². The molecule has 0 bridgehead atoms. The maximum atomic E-state index is 5.63. The third kappa shape index (κ3) is 3.91. The predicted molar refractivity (Wildman–Crippen MR) is 78.3 cm³/mol. The molecule has 1 aliphatic rings. The second-order valence-electron chi connectivity index (χ2n) is 5.29. The summed E-state index contributed by atoms with van der Waals surface area (Å²) in [6, 6.07) is 6.70. The topological polar surface area (TPSA) is 37.4 Å². The molecule has 0 radical (unpaired) electrons. The molecule has 2 atom stereocenters. The largest absolute Gasteiger partial charge is 0.377 e. The summed E-state index contributed by atoms with van der Waals surface area (Å²) in [5, 5.41) is 3.33. The zero-order valence-corrected chi connectivity index (χ0v) is 12.2. The van der Waals surface area contributed by atoms with Gasteiger partial charge < -0.3 is 10.1 Å². The van der Waals surface area contributed by atoms with Gasteiger partial charge in [0.15, 0.2) is 0 Å². The molecular formula is C15H25N3O. The highest BCUT2D eigenvalue weighted by Gasteiger charge is 2.27. The first-order chi connectivity index (χ1) is 9.20. The molecule has 1 aliphatic heterocycles. The molecule has 106 valence electrons. The van der Waals surface area contributed by atoms with E-state index in [0.29, 0.717) is 12.1 Å². The molecule has 19 heavy (non-hydrogen) atoms. The highest BCUT2D eigenvalue weighted by Crippen LogP contribution is 2.19. The fraction of sp³-hybridized carbons (Fsp3) is 0.667. The number of aromatic nitrogens is 1. The monoisotopic (exact) mass is 263 g/mol. The Morgan fingerprint density at radius 3 is 3.00 bits per heavy atom. The average molecular weight is 263 g/mol. The lowest BCUT2D eigenvalue weighted by molar-refractivity contribution is 0.0810. The number of anilines is 1. The molecule has 4 nitrogen and oxygen atoms in total. The first-order valence-electron chi connectivity index (χ1n) is 7.22. The number of hydrogen-bond acceptors (Lipinski definition) is 4. The molecule has 0 aliphatic carbocycles. The Balaban J connectivity index is 1.94. The van der Waals surface area contributed by atoms with Crippen molar-refractivity contribution < 1.29 is 4.74 Å². The van der Waals surface area contributed by atoms with E-state index in [1.54, 1.807) is 0 Å². The Labute approximate surface area is 116 Å². The van der Waals surface area contributed by atoms with E-state index in [1.165, 1.54) is 0 Å². The molecule has 1 N–H and O–H groups in total. The number of nitrogens with zero attached hydrogens (tertiary/aromatic N) is 2.